The molecular weight excluding hydrogens is 74.1 g/mol. The second-order valence-corrected chi connectivity index (χ2v) is 1.76. The van der Waals surface area contributed by atoms with Crippen LogP contribution < -0.4 is 5.32 Å². The molecule has 1 rings (SSSR count). The van der Waals surface area contributed by atoms with E-state index in [0.717, 1.165) is 6.54 Å². The first-order valence-corrected chi connectivity index (χ1v) is 2.22. The summed E-state index contributed by atoms with van der Waals surface area (Å²) in [6.07, 6.45) is 0. The van der Waals surface area contributed by atoms with E-state index in [4.69, 9.17) is 0 Å². The molecule has 0 unspecified atom stereocenters. The fourth-order valence-electron chi connectivity index (χ4n) is 0.451. The Kier molecular flexibility index (Phi) is 0.701. The zero-order chi connectivity index (χ0) is 4.57. The third kappa shape index (κ3) is 0.356. The van der Waals surface area contributed by atoms with Gasteiger partial charge in [0, 0.05) is 12.6 Å². The number of hydrogen-bond donors (Lipinski definition) is 1. The van der Waals surface area contributed by atoms with Gasteiger partial charge < -0.3 is 5.32 Å². The first kappa shape index (κ1) is 3.88. The molecule has 6 heavy (non-hydrogen) atoms. The zero-order valence-electron chi connectivity index (χ0n) is 3.99. The molecule has 34 valence electrons. The van der Waals surface area contributed by atoms with Crippen LogP contribution in [0.15, 0.2) is 12.2 Å². The van der Waals surface area contributed by atoms with Crippen LogP contribution in [0.3, 0.4) is 0 Å². The minimum Gasteiger partial charge on any atom is -0.307 e. The van der Waals surface area contributed by atoms with Crippen molar-refractivity contribution in [1.29, 1.82) is 0 Å². The van der Waals surface area contributed by atoms with Crippen molar-refractivity contribution in [3.63, 3.8) is 0 Å². The van der Waals surface area contributed by atoms with Crippen molar-refractivity contribution in [3.8, 4) is 0 Å². The topological polar surface area (TPSA) is 12.0 Å². The van der Waals surface area contributed by atoms with Crippen molar-refractivity contribution < 1.29 is 0 Å². The summed E-state index contributed by atoms with van der Waals surface area (Å²) >= 11 is 0. The predicted octanol–water partition coefficient (Wildman–Crippen LogP) is 0.534. The fourth-order valence-corrected chi connectivity index (χ4v) is 0.451. The quantitative estimate of drug-likeness (QED) is 0.421. The molecule has 1 heterocycles. The first-order valence-electron chi connectivity index (χ1n) is 2.22. The van der Waals surface area contributed by atoms with E-state index in [9.17, 15) is 0 Å². The molecule has 1 heteroatoms. The highest BCUT2D eigenvalue weighted by Crippen LogP contribution is 2.05. The normalized spacial score (nSPS) is 32.8. The lowest BCUT2D eigenvalue weighted by Gasteiger charge is -2.26. The summed E-state index contributed by atoms with van der Waals surface area (Å²) in [7, 11) is 0. The molecule has 1 aliphatic rings. The second-order valence-electron chi connectivity index (χ2n) is 1.76. The molecule has 0 aromatic carbocycles. The van der Waals surface area contributed by atoms with Crippen molar-refractivity contribution in [3.05, 3.63) is 12.2 Å². The Balaban J connectivity index is 2.39. The summed E-state index contributed by atoms with van der Waals surface area (Å²) in [6.45, 7) is 6.92. The van der Waals surface area contributed by atoms with Gasteiger partial charge in [0.15, 0.2) is 0 Å². The molecule has 0 aromatic heterocycles. The molecule has 1 saturated heterocycles. The fraction of sp³-hybridized carbons (Fsp3) is 0.600. The maximum absolute atomic E-state index is 3.78. The number of nitrogens with one attached hydrogen (secondary N) is 1. The van der Waals surface area contributed by atoms with Crippen molar-refractivity contribution in [2.24, 2.45) is 0 Å². The van der Waals surface area contributed by atoms with Gasteiger partial charge in [-0.25, -0.2) is 0 Å². The van der Waals surface area contributed by atoms with E-state index in [2.05, 4.69) is 18.8 Å². The average molecular weight is 83.1 g/mol. The summed E-state index contributed by atoms with van der Waals surface area (Å²) in [6, 6.07) is 0.588. The Bertz CT molecular complexity index is 76.0. The number of hydrogen-bond acceptors (Lipinski definition) is 1. The van der Waals surface area contributed by atoms with Crippen LogP contribution in [0.5, 0.6) is 0 Å². The van der Waals surface area contributed by atoms with E-state index >= 15 is 0 Å². The van der Waals surface area contributed by atoms with Crippen molar-refractivity contribution in [2.45, 2.75) is 13.0 Å². The Morgan fingerprint density at radius 3 is 2.50 bits per heavy atom. The Morgan fingerprint density at radius 2 is 2.50 bits per heavy atom. The Hall–Kier alpha value is -0.300. The summed E-state index contributed by atoms with van der Waals surface area (Å²) in [5.74, 6) is 0. The monoisotopic (exact) mass is 83.1 g/mol. The van der Waals surface area contributed by atoms with Gasteiger partial charge in [-0.05, 0) is 12.5 Å². The van der Waals surface area contributed by atoms with E-state index in [1.165, 1.54) is 5.57 Å². The molecule has 0 spiro atoms. The van der Waals surface area contributed by atoms with Gasteiger partial charge in [0.1, 0.15) is 0 Å². The molecular formula is C5H9N. The average Bonchev–Trinajstić information content (AvgIpc) is 1.61. The molecule has 1 N–H and O–H groups in total. The third-order valence-electron chi connectivity index (χ3n) is 1.25. The van der Waals surface area contributed by atoms with E-state index in [1.807, 2.05) is 0 Å². The van der Waals surface area contributed by atoms with Crippen molar-refractivity contribution in [1.82, 2.24) is 5.32 Å². The highest BCUT2D eigenvalue weighted by atomic mass is 15.0. The summed E-state index contributed by atoms with van der Waals surface area (Å²) in [4.78, 5) is 0. The largest absolute Gasteiger partial charge is 0.307 e. The van der Waals surface area contributed by atoms with Crippen LogP contribution in [0.25, 0.3) is 0 Å². The van der Waals surface area contributed by atoms with Crippen molar-refractivity contribution >= 4 is 0 Å². The zero-order valence-corrected chi connectivity index (χ0v) is 3.99. The van der Waals surface area contributed by atoms with Gasteiger partial charge in [0.25, 0.3) is 0 Å². The summed E-state index contributed by atoms with van der Waals surface area (Å²) < 4.78 is 0. The van der Waals surface area contributed by atoms with Gasteiger partial charge in [-0.1, -0.05) is 6.58 Å². The molecule has 0 saturated carbocycles. The minimum absolute atomic E-state index is 0.588. The van der Waals surface area contributed by atoms with Crippen LogP contribution in [0.2, 0.25) is 0 Å². The highest BCUT2D eigenvalue weighted by Gasteiger charge is 2.13. The molecule has 1 atom stereocenters. The molecule has 1 nitrogen and oxygen atoms in total. The van der Waals surface area contributed by atoms with Crippen molar-refractivity contribution in [2.75, 3.05) is 6.54 Å². The van der Waals surface area contributed by atoms with Gasteiger partial charge >= 0.3 is 0 Å². The van der Waals surface area contributed by atoms with E-state index < -0.39 is 0 Å². The van der Waals surface area contributed by atoms with Crippen LogP contribution in [0.1, 0.15) is 6.92 Å². The van der Waals surface area contributed by atoms with Crippen LogP contribution in [0.4, 0.5) is 0 Å². The summed E-state index contributed by atoms with van der Waals surface area (Å²) in [5.41, 5.74) is 1.33. The van der Waals surface area contributed by atoms with Crippen LogP contribution in [-0.2, 0) is 0 Å². The highest BCUT2D eigenvalue weighted by molar-refractivity contribution is 5.14. The Labute approximate surface area is 38.1 Å². The standard InChI is InChI=1S/C5H9N/c1-4-3-6-5(4)2/h5-6H,1,3H2,2H3/t5-/m1/s1. The first-order chi connectivity index (χ1) is 2.80. The maximum atomic E-state index is 3.78. The lowest BCUT2D eigenvalue weighted by Crippen LogP contribution is -2.42. The van der Waals surface area contributed by atoms with Gasteiger partial charge in [-0.2, -0.15) is 0 Å². The predicted molar refractivity (Wildman–Crippen MR) is 26.6 cm³/mol. The lowest BCUT2D eigenvalue weighted by molar-refractivity contribution is 0.529. The smallest absolute Gasteiger partial charge is 0.0264 e. The van der Waals surface area contributed by atoms with Gasteiger partial charge in [0.2, 0.25) is 0 Å². The minimum atomic E-state index is 0.588. The van der Waals surface area contributed by atoms with Gasteiger partial charge in [-0.15, -0.1) is 0 Å². The number of rotatable bonds is 0. The van der Waals surface area contributed by atoms with E-state index in [1.54, 1.807) is 0 Å². The van der Waals surface area contributed by atoms with Gasteiger partial charge in [-0.3, -0.25) is 0 Å². The second kappa shape index (κ2) is 1.09. The van der Waals surface area contributed by atoms with Crippen LogP contribution in [-0.4, -0.2) is 12.6 Å². The molecule has 1 fully saturated rings. The van der Waals surface area contributed by atoms with Gasteiger partial charge in [0.05, 0.1) is 0 Å². The lowest BCUT2D eigenvalue weighted by atomic mass is 10.0. The maximum Gasteiger partial charge on any atom is 0.0264 e. The SMILES string of the molecule is C=C1CN[C@@H]1C. The molecule has 1 aliphatic heterocycles. The third-order valence-corrected chi connectivity index (χ3v) is 1.25. The van der Waals surface area contributed by atoms with Crippen LogP contribution >= 0.6 is 0 Å². The molecule has 0 radical (unpaired) electrons. The van der Waals surface area contributed by atoms with E-state index in [-0.39, 0.29) is 0 Å². The molecule has 0 aliphatic carbocycles. The van der Waals surface area contributed by atoms with E-state index in [0.29, 0.717) is 6.04 Å². The molecule has 0 bridgehead atoms. The molecule has 0 amide bonds. The molecule has 0 aromatic rings. The summed E-state index contributed by atoms with van der Waals surface area (Å²) in [5, 5.41) is 3.16. The Morgan fingerprint density at radius 1 is 2.00 bits per heavy atom. The van der Waals surface area contributed by atoms with Crippen LogP contribution in [0, 0.1) is 0 Å².